The van der Waals surface area contributed by atoms with Crippen molar-refractivity contribution < 1.29 is 22.0 Å². The molecule has 2 aromatic carbocycles. The second-order valence-electron chi connectivity index (χ2n) is 7.59. The molecule has 0 fully saturated rings. The first-order chi connectivity index (χ1) is 14.5. The maximum absolute atomic E-state index is 14.5. The number of hydrogen-bond donors (Lipinski definition) is 0. The maximum Gasteiger partial charge on any atom is 0.141 e. The number of halogens is 5. The lowest BCUT2D eigenvalue weighted by atomic mass is 9.97. The van der Waals surface area contributed by atoms with Crippen molar-refractivity contribution in [3.8, 4) is 0 Å². The van der Waals surface area contributed by atoms with Crippen molar-refractivity contribution in [2.75, 3.05) is 6.67 Å². The fraction of sp³-hybridized carbons (Fsp3) is 0.440. The fourth-order valence-electron chi connectivity index (χ4n) is 3.50. The van der Waals surface area contributed by atoms with Crippen LogP contribution in [0, 0.1) is 11.6 Å². The Hall–Kier alpha value is -2.17. The van der Waals surface area contributed by atoms with Gasteiger partial charge in [0.1, 0.15) is 30.8 Å². The van der Waals surface area contributed by atoms with E-state index in [1.165, 1.54) is 30.7 Å². The molecule has 0 bridgehead atoms. The van der Waals surface area contributed by atoms with E-state index in [1.54, 1.807) is 6.07 Å². The minimum absolute atomic E-state index is 0.00586. The summed E-state index contributed by atoms with van der Waals surface area (Å²) in [5.74, 6) is -2.13. The molecule has 0 radical (unpaired) electrons. The summed E-state index contributed by atoms with van der Waals surface area (Å²) in [6.07, 6.45) is 7.44. The Morgan fingerprint density at radius 3 is 2.17 bits per heavy atom. The van der Waals surface area contributed by atoms with E-state index in [4.69, 9.17) is 0 Å². The molecule has 0 aliphatic heterocycles. The average molecular weight is 424 g/mol. The number of allylic oxidation sites excluding steroid dienone is 1. The Kier molecular flexibility index (Phi) is 10.0. The zero-order chi connectivity index (χ0) is 21.9. The lowest BCUT2D eigenvalue weighted by Gasteiger charge is -2.10. The highest BCUT2D eigenvalue weighted by Crippen LogP contribution is 2.22. The normalized spacial score (nSPS) is 11.9. The minimum atomic E-state index is -1.27. The fourth-order valence-corrected chi connectivity index (χ4v) is 3.50. The third-order valence-corrected chi connectivity index (χ3v) is 5.23. The molecule has 0 unspecified atom stereocenters. The van der Waals surface area contributed by atoms with E-state index in [9.17, 15) is 22.0 Å². The molecule has 0 N–H and O–H groups in total. The van der Waals surface area contributed by atoms with E-state index < -0.39 is 30.8 Å². The Morgan fingerprint density at radius 1 is 0.833 bits per heavy atom. The van der Waals surface area contributed by atoms with Gasteiger partial charge in [0.2, 0.25) is 0 Å². The summed E-state index contributed by atoms with van der Waals surface area (Å²) in [6, 6.07) is 7.45. The van der Waals surface area contributed by atoms with Gasteiger partial charge in [-0.2, -0.15) is 0 Å². The average Bonchev–Trinajstić information content (AvgIpc) is 2.73. The van der Waals surface area contributed by atoms with Crippen LogP contribution in [0.2, 0.25) is 0 Å². The molecule has 2 rings (SSSR count). The number of unbranched alkanes of at least 4 members (excludes halogenated alkanes) is 4. The van der Waals surface area contributed by atoms with Crippen LogP contribution in [-0.2, 0) is 25.9 Å². The Balaban J connectivity index is 2.05. The van der Waals surface area contributed by atoms with Crippen molar-refractivity contribution >= 4 is 6.08 Å². The van der Waals surface area contributed by atoms with Gasteiger partial charge in [0.05, 0.1) is 0 Å². The van der Waals surface area contributed by atoms with E-state index in [2.05, 4.69) is 6.92 Å². The lowest BCUT2D eigenvalue weighted by Crippen LogP contribution is -2.02. The van der Waals surface area contributed by atoms with Crippen LogP contribution < -0.4 is 0 Å². The van der Waals surface area contributed by atoms with E-state index in [0.29, 0.717) is 24.0 Å². The van der Waals surface area contributed by atoms with Crippen molar-refractivity contribution in [1.82, 2.24) is 0 Å². The molecule has 0 aliphatic carbocycles. The predicted octanol–water partition coefficient (Wildman–Crippen LogP) is 8.01. The topological polar surface area (TPSA) is 0 Å². The van der Waals surface area contributed by atoms with Gasteiger partial charge in [0.25, 0.3) is 0 Å². The van der Waals surface area contributed by atoms with Gasteiger partial charge in [-0.05, 0) is 66.1 Å². The van der Waals surface area contributed by atoms with Gasteiger partial charge in [0, 0.05) is 5.56 Å². The summed E-state index contributed by atoms with van der Waals surface area (Å²) in [6.45, 7) is 0.0604. The largest absolute Gasteiger partial charge is 0.246 e. The summed E-state index contributed by atoms with van der Waals surface area (Å²) in [7, 11) is 0. The van der Waals surface area contributed by atoms with Gasteiger partial charge >= 0.3 is 0 Å². The summed E-state index contributed by atoms with van der Waals surface area (Å²) < 4.78 is 67.7. The zero-order valence-corrected chi connectivity index (χ0v) is 17.4. The molecule has 2 aromatic rings. The maximum atomic E-state index is 14.5. The molecular formula is C25H29F5. The third-order valence-electron chi connectivity index (χ3n) is 5.23. The van der Waals surface area contributed by atoms with Crippen LogP contribution in [0.3, 0.4) is 0 Å². The number of alkyl halides is 2. The first kappa shape index (κ1) is 24.1. The molecule has 164 valence electrons. The molecule has 0 nitrogen and oxygen atoms in total. The molecular weight excluding hydrogens is 395 g/mol. The van der Waals surface area contributed by atoms with Crippen molar-refractivity contribution in [2.45, 2.75) is 65.0 Å². The number of rotatable bonds is 12. The predicted molar refractivity (Wildman–Crippen MR) is 113 cm³/mol. The highest BCUT2D eigenvalue weighted by molar-refractivity contribution is 5.56. The molecule has 0 amide bonds. The number of aryl methyl sites for hydroxylation is 2. The molecule has 0 spiro atoms. The van der Waals surface area contributed by atoms with Gasteiger partial charge in [-0.1, -0.05) is 50.8 Å². The summed E-state index contributed by atoms with van der Waals surface area (Å²) in [5.41, 5.74) is 1.81. The van der Waals surface area contributed by atoms with Gasteiger partial charge in [-0.15, -0.1) is 0 Å². The van der Waals surface area contributed by atoms with Crippen molar-refractivity contribution in [1.29, 1.82) is 0 Å². The monoisotopic (exact) mass is 424 g/mol. The Bertz CT molecular complexity index is 818. The quantitative estimate of drug-likeness (QED) is 0.239. The second-order valence-corrected chi connectivity index (χ2v) is 7.59. The minimum Gasteiger partial charge on any atom is -0.246 e. The van der Waals surface area contributed by atoms with Crippen LogP contribution in [0.4, 0.5) is 22.0 Å². The lowest BCUT2D eigenvalue weighted by molar-refractivity contribution is 0.463. The second kappa shape index (κ2) is 12.5. The summed E-state index contributed by atoms with van der Waals surface area (Å²) in [4.78, 5) is 0. The van der Waals surface area contributed by atoms with Crippen LogP contribution in [0.15, 0.2) is 36.2 Å². The Labute approximate surface area is 175 Å². The molecule has 0 atom stereocenters. The first-order valence-electron chi connectivity index (χ1n) is 10.5. The molecule has 0 aliphatic rings. The van der Waals surface area contributed by atoms with Crippen molar-refractivity contribution in [2.24, 2.45) is 0 Å². The van der Waals surface area contributed by atoms with E-state index in [-0.39, 0.29) is 23.1 Å². The van der Waals surface area contributed by atoms with Crippen LogP contribution in [0.1, 0.15) is 66.8 Å². The van der Waals surface area contributed by atoms with Crippen LogP contribution in [0.5, 0.6) is 0 Å². The molecule has 0 saturated heterocycles. The molecule has 0 saturated carbocycles. The third kappa shape index (κ3) is 7.26. The molecule has 0 heterocycles. The first-order valence-corrected chi connectivity index (χ1v) is 10.5. The van der Waals surface area contributed by atoms with Gasteiger partial charge < -0.3 is 0 Å². The van der Waals surface area contributed by atoms with Gasteiger partial charge in [0.15, 0.2) is 0 Å². The van der Waals surface area contributed by atoms with Crippen molar-refractivity contribution in [3.63, 3.8) is 0 Å². The zero-order valence-electron chi connectivity index (χ0n) is 17.4. The van der Waals surface area contributed by atoms with E-state index in [1.807, 2.05) is 0 Å². The van der Waals surface area contributed by atoms with Crippen molar-refractivity contribution in [3.05, 3.63) is 75.6 Å². The molecule has 5 heteroatoms. The van der Waals surface area contributed by atoms with E-state index in [0.717, 1.165) is 31.8 Å². The van der Waals surface area contributed by atoms with Crippen LogP contribution >= 0.6 is 0 Å². The highest BCUT2D eigenvalue weighted by Gasteiger charge is 2.12. The van der Waals surface area contributed by atoms with Crippen LogP contribution in [0.25, 0.3) is 6.08 Å². The molecule has 30 heavy (non-hydrogen) atoms. The number of benzene rings is 2. The SMILES string of the molecule is CCCCCCCc1cc(F)c(CCc2ccc(CF)c(/C=C(/F)CF)c2)c(F)c1. The standard InChI is InChI=1S/C25H29F5/c1-2-3-4-5-6-7-19-13-24(29)23(25(30)14-19)11-9-18-8-10-20(16-26)21(12-18)15-22(28)17-27/h8,10,12-15H,2-7,9,11,16-17H2,1H3/b22-15+. The highest BCUT2D eigenvalue weighted by atomic mass is 19.2. The van der Waals surface area contributed by atoms with Gasteiger partial charge in [-0.3, -0.25) is 0 Å². The van der Waals surface area contributed by atoms with Gasteiger partial charge in [-0.25, -0.2) is 22.0 Å². The molecule has 0 aromatic heterocycles. The smallest absolute Gasteiger partial charge is 0.141 e. The number of hydrogen-bond acceptors (Lipinski definition) is 0. The summed E-state index contributed by atoms with van der Waals surface area (Å²) in [5, 5.41) is 0. The Morgan fingerprint density at radius 2 is 1.53 bits per heavy atom. The van der Waals surface area contributed by atoms with E-state index >= 15 is 0 Å². The van der Waals surface area contributed by atoms with Crippen LogP contribution in [-0.4, -0.2) is 6.67 Å². The summed E-state index contributed by atoms with van der Waals surface area (Å²) >= 11 is 0.